The van der Waals surface area contributed by atoms with E-state index < -0.39 is 0 Å². The molecule has 2 aliphatic rings. The summed E-state index contributed by atoms with van der Waals surface area (Å²) in [6, 6.07) is 4.79. The molecule has 5 heteroatoms. The Balaban J connectivity index is 1.72. The van der Waals surface area contributed by atoms with E-state index in [0.717, 1.165) is 63.3 Å². The highest BCUT2D eigenvalue weighted by Gasteiger charge is 2.39. The van der Waals surface area contributed by atoms with Gasteiger partial charge < -0.3 is 14.2 Å². The van der Waals surface area contributed by atoms with Crippen molar-refractivity contribution in [3.05, 3.63) is 23.3 Å². The lowest BCUT2D eigenvalue weighted by atomic mass is 9.80. The van der Waals surface area contributed by atoms with Crippen molar-refractivity contribution in [1.82, 2.24) is 4.90 Å². The molecule has 0 bridgehead atoms. The summed E-state index contributed by atoms with van der Waals surface area (Å²) in [7, 11) is 1.72. The predicted octanol–water partition coefficient (Wildman–Crippen LogP) is 6.12. The summed E-state index contributed by atoms with van der Waals surface area (Å²) in [4.78, 5) is 2.67. The molecule has 1 aromatic rings. The van der Waals surface area contributed by atoms with Gasteiger partial charge in [-0.2, -0.15) is 0 Å². The van der Waals surface area contributed by atoms with Crippen molar-refractivity contribution in [2.45, 2.75) is 83.8 Å². The molecule has 176 valence electrons. The minimum Gasteiger partial charge on any atom is -0.493 e. The monoisotopic (exact) mass is 435 g/mol. The third-order valence-electron chi connectivity index (χ3n) is 6.93. The van der Waals surface area contributed by atoms with Crippen LogP contribution in [-0.4, -0.2) is 51.1 Å². The number of methoxy groups -OCH3 is 1. The van der Waals surface area contributed by atoms with Gasteiger partial charge in [0, 0.05) is 25.7 Å². The van der Waals surface area contributed by atoms with Gasteiger partial charge in [0.25, 0.3) is 0 Å². The van der Waals surface area contributed by atoms with Crippen LogP contribution in [0.15, 0.2) is 12.1 Å². The second-order valence-corrected chi connectivity index (χ2v) is 9.05. The quantitative estimate of drug-likeness (QED) is 0.349. The molecule has 0 amide bonds. The molecule has 0 saturated carbocycles. The van der Waals surface area contributed by atoms with Gasteiger partial charge >= 0.3 is 0 Å². The van der Waals surface area contributed by atoms with Crippen LogP contribution in [0.3, 0.4) is 0 Å². The zero-order chi connectivity index (χ0) is 22.1. The van der Waals surface area contributed by atoms with Gasteiger partial charge in [-0.15, -0.1) is 0 Å². The highest BCUT2D eigenvalue weighted by atomic mass is 19.1. The van der Waals surface area contributed by atoms with Crippen LogP contribution in [0, 0.1) is 5.92 Å². The van der Waals surface area contributed by atoms with E-state index in [1.807, 2.05) is 6.92 Å². The van der Waals surface area contributed by atoms with E-state index in [1.165, 1.54) is 30.4 Å². The van der Waals surface area contributed by atoms with Crippen LogP contribution >= 0.6 is 0 Å². The number of benzene rings is 1. The van der Waals surface area contributed by atoms with E-state index in [9.17, 15) is 4.39 Å². The van der Waals surface area contributed by atoms with Crippen LogP contribution in [0.2, 0.25) is 0 Å². The minimum absolute atomic E-state index is 0.200. The molecule has 1 fully saturated rings. The van der Waals surface area contributed by atoms with Crippen LogP contribution in [-0.2, 0) is 11.2 Å². The molecule has 0 aromatic heterocycles. The summed E-state index contributed by atoms with van der Waals surface area (Å²) in [5.41, 5.74) is 2.78. The SMILES string of the molecule is CCCC[C@@H]1CN2CCc3cc(OC)c(OCC)cc3[C@H]2C[C@H]1OCCCCCCF. The zero-order valence-electron chi connectivity index (χ0n) is 19.8. The number of halogens is 1. The smallest absolute Gasteiger partial charge is 0.161 e. The topological polar surface area (TPSA) is 30.9 Å². The lowest BCUT2D eigenvalue weighted by Crippen LogP contribution is -2.48. The van der Waals surface area contributed by atoms with Gasteiger partial charge in [0.2, 0.25) is 0 Å². The molecule has 0 spiro atoms. The van der Waals surface area contributed by atoms with Crippen LogP contribution < -0.4 is 9.47 Å². The Morgan fingerprint density at radius 2 is 1.90 bits per heavy atom. The standard InChI is InChI=1S/C26H42FNO3/c1-4-6-11-21-19-28-14-12-20-16-25(29-3)26(30-5-2)17-22(20)23(28)18-24(21)31-15-10-8-7-9-13-27/h16-17,21,23-24H,4-15,18-19H2,1-3H3/t21-,23-,24-/m1/s1. The first-order chi connectivity index (χ1) is 15.2. The van der Waals surface area contributed by atoms with Crippen LogP contribution in [0.25, 0.3) is 0 Å². The molecule has 3 rings (SSSR count). The maximum absolute atomic E-state index is 12.3. The Kier molecular flexibility index (Phi) is 9.92. The fourth-order valence-electron chi connectivity index (χ4n) is 5.25. The van der Waals surface area contributed by atoms with Gasteiger partial charge in [0.15, 0.2) is 11.5 Å². The second kappa shape index (κ2) is 12.6. The molecule has 2 heterocycles. The molecule has 31 heavy (non-hydrogen) atoms. The lowest BCUT2D eigenvalue weighted by molar-refractivity contribution is -0.0622. The summed E-state index contributed by atoms with van der Waals surface area (Å²) in [5, 5.41) is 0. The molecule has 4 nitrogen and oxygen atoms in total. The van der Waals surface area contributed by atoms with E-state index >= 15 is 0 Å². The number of fused-ring (bicyclic) bond motifs is 3. The van der Waals surface area contributed by atoms with E-state index in [-0.39, 0.29) is 6.67 Å². The Bertz CT molecular complexity index is 668. The normalized spacial score (nSPS) is 23.3. The van der Waals surface area contributed by atoms with Gasteiger partial charge in [0.1, 0.15) is 0 Å². The van der Waals surface area contributed by atoms with Crippen molar-refractivity contribution < 1.29 is 18.6 Å². The van der Waals surface area contributed by atoms with E-state index in [1.54, 1.807) is 7.11 Å². The van der Waals surface area contributed by atoms with Crippen molar-refractivity contribution in [2.75, 3.05) is 40.1 Å². The van der Waals surface area contributed by atoms with Gasteiger partial charge in [-0.1, -0.05) is 32.6 Å². The summed E-state index contributed by atoms with van der Waals surface area (Å²) < 4.78 is 30.3. The van der Waals surface area contributed by atoms with Gasteiger partial charge in [-0.05, 0) is 68.2 Å². The number of alkyl halides is 1. The van der Waals surface area contributed by atoms with E-state index in [2.05, 4.69) is 24.0 Å². The summed E-state index contributed by atoms with van der Waals surface area (Å²) in [5.74, 6) is 2.30. The molecule has 0 aliphatic carbocycles. The first-order valence-corrected chi connectivity index (χ1v) is 12.5. The average Bonchev–Trinajstić information content (AvgIpc) is 2.79. The molecular formula is C26H42FNO3. The van der Waals surface area contributed by atoms with E-state index in [0.29, 0.717) is 31.1 Å². The molecular weight excluding hydrogens is 393 g/mol. The first-order valence-electron chi connectivity index (χ1n) is 12.5. The molecule has 1 aromatic carbocycles. The number of ether oxygens (including phenoxy) is 3. The number of nitrogens with zero attached hydrogens (tertiary/aromatic N) is 1. The number of hydrogen-bond donors (Lipinski definition) is 0. The molecule has 0 unspecified atom stereocenters. The average molecular weight is 436 g/mol. The maximum atomic E-state index is 12.3. The number of piperidine rings is 1. The number of hydrogen-bond acceptors (Lipinski definition) is 4. The highest BCUT2D eigenvalue weighted by molar-refractivity contribution is 5.49. The fourth-order valence-corrected chi connectivity index (χ4v) is 5.25. The Morgan fingerprint density at radius 1 is 1.06 bits per heavy atom. The van der Waals surface area contributed by atoms with Crippen molar-refractivity contribution >= 4 is 0 Å². The fraction of sp³-hybridized carbons (Fsp3) is 0.769. The Hall–Kier alpha value is -1.33. The molecule has 0 N–H and O–H groups in total. The van der Waals surface area contributed by atoms with E-state index in [4.69, 9.17) is 14.2 Å². The first kappa shape index (κ1) is 24.3. The van der Waals surface area contributed by atoms with Gasteiger partial charge in [0.05, 0.1) is 26.5 Å². The van der Waals surface area contributed by atoms with Crippen LogP contribution in [0.5, 0.6) is 11.5 Å². The zero-order valence-corrected chi connectivity index (χ0v) is 19.8. The van der Waals surface area contributed by atoms with Gasteiger partial charge in [-0.25, -0.2) is 0 Å². The Labute approximate surface area is 188 Å². The largest absolute Gasteiger partial charge is 0.493 e. The Morgan fingerprint density at radius 3 is 2.65 bits per heavy atom. The summed E-state index contributed by atoms with van der Waals surface area (Å²) in [6.07, 6.45) is 9.90. The summed E-state index contributed by atoms with van der Waals surface area (Å²) >= 11 is 0. The van der Waals surface area contributed by atoms with Gasteiger partial charge in [-0.3, -0.25) is 9.29 Å². The number of unbranched alkanes of at least 4 members (excludes halogenated alkanes) is 4. The van der Waals surface area contributed by atoms with Crippen LogP contribution in [0.4, 0.5) is 4.39 Å². The van der Waals surface area contributed by atoms with Crippen LogP contribution in [0.1, 0.15) is 82.4 Å². The molecule has 3 atom stereocenters. The maximum Gasteiger partial charge on any atom is 0.161 e. The third-order valence-corrected chi connectivity index (χ3v) is 6.93. The molecule has 2 aliphatic heterocycles. The second-order valence-electron chi connectivity index (χ2n) is 9.05. The lowest BCUT2D eigenvalue weighted by Gasteiger charge is -2.47. The predicted molar refractivity (Wildman–Crippen MR) is 124 cm³/mol. The minimum atomic E-state index is -0.200. The van der Waals surface area contributed by atoms with Crippen molar-refractivity contribution in [3.8, 4) is 11.5 Å². The molecule has 1 saturated heterocycles. The number of rotatable bonds is 13. The molecule has 0 radical (unpaired) electrons. The third kappa shape index (κ3) is 6.35. The van der Waals surface area contributed by atoms with Crippen molar-refractivity contribution in [3.63, 3.8) is 0 Å². The van der Waals surface area contributed by atoms with Crippen molar-refractivity contribution in [2.24, 2.45) is 5.92 Å². The van der Waals surface area contributed by atoms with Crippen molar-refractivity contribution in [1.29, 1.82) is 0 Å². The highest BCUT2D eigenvalue weighted by Crippen LogP contribution is 2.44. The summed E-state index contributed by atoms with van der Waals surface area (Å²) in [6.45, 7) is 7.74.